The van der Waals surface area contributed by atoms with Gasteiger partial charge in [0.15, 0.2) is 0 Å². The fourth-order valence-electron chi connectivity index (χ4n) is 4.24. The summed E-state index contributed by atoms with van der Waals surface area (Å²) >= 11 is 1.48. The Morgan fingerprint density at radius 2 is 1.69 bits per heavy atom. The molecular formula is C19H30N4O2S. The second-order valence-electron chi connectivity index (χ2n) is 7.76. The van der Waals surface area contributed by atoms with Crippen LogP contribution in [0.15, 0.2) is 0 Å². The van der Waals surface area contributed by atoms with E-state index < -0.39 is 0 Å². The second kappa shape index (κ2) is 8.93. The molecule has 0 radical (unpaired) electrons. The topological polar surface area (TPSA) is 75.2 Å². The Morgan fingerprint density at radius 1 is 1.00 bits per heavy atom. The van der Waals surface area contributed by atoms with Crippen LogP contribution in [0.2, 0.25) is 0 Å². The molecule has 1 aromatic heterocycles. The lowest BCUT2D eigenvalue weighted by atomic mass is 9.90. The van der Waals surface area contributed by atoms with Crippen molar-refractivity contribution in [3.63, 3.8) is 0 Å². The van der Waals surface area contributed by atoms with E-state index in [0.29, 0.717) is 11.0 Å². The predicted octanol–water partition coefficient (Wildman–Crippen LogP) is 4.09. The molecule has 144 valence electrons. The molecule has 1 aliphatic carbocycles. The molecule has 1 saturated heterocycles. The van der Waals surface area contributed by atoms with Gasteiger partial charge in [-0.15, -0.1) is 10.2 Å². The molecule has 1 saturated carbocycles. The zero-order chi connectivity index (χ0) is 18.5. The van der Waals surface area contributed by atoms with E-state index >= 15 is 0 Å². The van der Waals surface area contributed by atoms with Crippen LogP contribution in [-0.2, 0) is 9.59 Å². The summed E-state index contributed by atoms with van der Waals surface area (Å²) in [7, 11) is 0. The summed E-state index contributed by atoms with van der Waals surface area (Å²) in [5.41, 5.74) is 0. The van der Waals surface area contributed by atoms with Crippen LogP contribution in [0.3, 0.4) is 0 Å². The van der Waals surface area contributed by atoms with Gasteiger partial charge in [0.05, 0.1) is 0 Å². The third kappa shape index (κ3) is 4.81. The van der Waals surface area contributed by atoms with Gasteiger partial charge in [0.1, 0.15) is 5.01 Å². The molecule has 1 N–H and O–H groups in total. The van der Waals surface area contributed by atoms with Gasteiger partial charge < -0.3 is 10.2 Å². The first-order chi connectivity index (χ1) is 12.5. The van der Waals surface area contributed by atoms with E-state index in [1.165, 1.54) is 49.9 Å². The van der Waals surface area contributed by atoms with Gasteiger partial charge in [0.2, 0.25) is 16.9 Å². The average Bonchev–Trinajstić information content (AvgIpc) is 3.09. The van der Waals surface area contributed by atoms with E-state index in [-0.39, 0.29) is 36.7 Å². The van der Waals surface area contributed by atoms with Crippen molar-refractivity contribution in [2.45, 2.75) is 96.1 Å². The maximum Gasteiger partial charge on any atom is 0.226 e. The number of amides is 2. The van der Waals surface area contributed by atoms with Gasteiger partial charge in [-0.1, -0.05) is 30.6 Å². The Kier molecular flexibility index (Phi) is 6.62. The van der Waals surface area contributed by atoms with Crippen LogP contribution in [0.25, 0.3) is 0 Å². The molecule has 0 bridgehead atoms. The maximum absolute atomic E-state index is 12.5. The number of anilines is 1. The standard InChI is InChI=1S/C19H30N4O2S/c1-13-7-6-8-14(2)23(13)17(25)12-11-16(24)20-19-22-21-18(26-19)15-9-4-3-5-10-15/h13-15H,3-12H2,1-2H3,(H,20,22,24). The molecule has 2 heterocycles. The maximum atomic E-state index is 12.5. The number of carbonyl (C=O) groups excluding carboxylic acids is 2. The first kappa shape index (κ1) is 19.3. The first-order valence-corrected chi connectivity index (χ1v) is 10.8. The molecule has 3 rings (SSSR count). The van der Waals surface area contributed by atoms with Crippen LogP contribution in [0.1, 0.15) is 89.0 Å². The molecule has 2 fully saturated rings. The summed E-state index contributed by atoms with van der Waals surface area (Å²) in [6.45, 7) is 4.20. The van der Waals surface area contributed by atoms with E-state index in [1.54, 1.807) is 0 Å². The van der Waals surface area contributed by atoms with Crippen molar-refractivity contribution in [1.29, 1.82) is 0 Å². The summed E-state index contributed by atoms with van der Waals surface area (Å²) in [6, 6.07) is 0.547. The monoisotopic (exact) mass is 378 g/mol. The Morgan fingerprint density at radius 3 is 2.38 bits per heavy atom. The third-order valence-electron chi connectivity index (χ3n) is 5.69. The lowest BCUT2D eigenvalue weighted by Crippen LogP contribution is -2.47. The molecular weight excluding hydrogens is 348 g/mol. The fourth-order valence-corrected chi connectivity index (χ4v) is 5.17. The number of carbonyl (C=O) groups is 2. The minimum absolute atomic E-state index is 0.0833. The summed E-state index contributed by atoms with van der Waals surface area (Å²) in [4.78, 5) is 26.7. The summed E-state index contributed by atoms with van der Waals surface area (Å²) in [5, 5.41) is 12.8. The number of nitrogens with one attached hydrogen (secondary N) is 1. The van der Waals surface area contributed by atoms with Crippen molar-refractivity contribution in [1.82, 2.24) is 15.1 Å². The average molecular weight is 379 g/mol. The van der Waals surface area contributed by atoms with Crippen LogP contribution in [0.4, 0.5) is 5.13 Å². The second-order valence-corrected chi connectivity index (χ2v) is 8.77. The largest absolute Gasteiger partial charge is 0.337 e. The smallest absolute Gasteiger partial charge is 0.226 e. The van der Waals surface area contributed by atoms with Gasteiger partial charge in [0.25, 0.3) is 0 Å². The highest BCUT2D eigenvalue weighted by atomic mass is 32.1. The Labute approximate surface area is 159 Å². The number of nitrogens with zero attached hydrogens (tertiary/aromatic N) is 3. The van der Waals surface area contributed by atoms with Crippen molar-refractivity contribution in [2.24, 2.45) is 0 Å². The van der Waals surface area contributed by atoms with E-state index in [2.05, 4.69) is 29.4 Å². The molecule has 2 amide bonds. The normalized spacial score (nSPS) is 24.5. The van der Waals surface area contributed by atoms with Gasteiger partial charge in [0, 0.05) is 30.8 Å². The van der Waals surface area contributed by atoms with Gasteiger partial charge in [-0.3, -0.25) is 9.59 Å². The van der Waals surface area contributed by atoms with Crippen LogP contribution in [0, 0.1) is 0 Å². The molecule has 0 spiro atoms. The molecule has 1 aromatic rings. The quantitative estimate of drug-likeness (QED) is 0.837. The Balaban J connectivity index is 1.46. The van der Waals surface area contributed by atoms with Crippen molar-refractivity contribution < 1.29 is 9.59 Å². The zero-order valence-electron chi connectivity index (χ0n) is 15.9. The molecule has 26 heavy (non-hydrogen) atoms. The summed E-state index contributed by atoms with van der Waals surface area (Å²) in [6.07, 6.45) is 9.89. The van der Waals surface area contributed by atoms with E-state index in [9.17, 15) is 9.59 Å². The van der Waals surface area contributed by atoms with Crippen LogP contribution < -0.4 is 5.32 Å². The van der Waals surface area contributed by atoms with Crippen LogP contribution in [-0.4, -0.2) is 39.0 Å². The minimum Gasteiger partial charge on any atom is -0.337 e. The number of hydrogen-bond donors (Lipinski definition) is 1. The van der Waals surface area contributed by atoms with E-state index in [4.69, 9.17) is 0 Å². The number of aromatic nitrogens is 2. The van der Waals surface area contributed by atoms with Gasteiger partial charge in [-0.25, -0.2) is 0 Å². The highest BCUT2D eigenvalue weighted by molar-refractivity contribution is 7.15. The van der Waals surface area contributed by atoms with Crippen LogP contribution >= 0.6 is 11.3 Å². The first-order valence-electron chi connectivity index (χ1n) is 9.99. The minimum atomic E-state index is -0.151. The summed E-state index contributed by atoms with van der Waals surface area (Å²) in [5.74, 6) is 0.428. The molecule has 0 aromatic carbocycles. The zero-order valence-corrected chi connectivity index (χ0v) is 16.7. The van der Waals surface area contributed by atoms with Crippen molar-refractivity contribution in [3.05, 3.63) is 5.01 Å². The lowest BCUT2D eigenvalue weighted by Gasteiger charge is -2.39. The van der Waals surface area contributed by atoms with Crippen LogP contribution in [0.5, 0.6) is 0 Å². The van der Waals surface area contributed by atoms with Gasteiger partial charge in [-0.2, -0.15) is 0 Å². The number of hydrogen-bond acceptors (Lipinski definition) is 5. The van der Waals surface area contributed by atoms with Gasteiger partial charge in [-0.05, 0) is 46.0 Å². The fraction of sp³-hybridized carbons (Fsp3) is 0.789. The number of likely N-dealkylation sites (tertiary alicyclic amines) is 1. The van der Waals surface area contributed by atoms with E-state index in [0.717, 1.165) is 17.8 Å². The number of piperidine rings is 1. The molecule has 6 nitrogen and oxygen atoms in total. The lowest BCUT2D eigenvalue weighted by molar-refractivity contribution is -0.138. The Bertz CT molecular complexity index is 617. The van der Waals surface area contributed by atoms with Crippen molar-refractivity contribution in [3.8, 4) is 0 Å². The van der Waals surface area contributed by atoms with E-state index in [1.807, 2.05) is 4.90 Å². The highest BCUT2D eigenvalue weighted by Crippen LogP contribution is 2.35. The molecule has 2 unspecified atom stereocenters. The third-order valence-corrected chi connectivity index (χ3v) is 6.69. The number of rotatable bonds is 5. The molecule has 2 aliphatic rings. The van der Waals surface area contributed by atoms with Crippen molar-refractivity contribution >= 4 is 28.3 Å². The Hall–Kier alpha value is -1.50. The summed E-state index contributed by atoms with van der Waals surface area (Å²) < 4.78 is 0. The molecule has 1 aliphatic heterocycles. The highest BCUT2D eigenvalue weighted by Gasteiger charge is 2.29. The SMILES string of the molecule is CC1CCCC(C)N1C(=O)CCC(=O)Nc1nnc(C2CCCCC2)s1. The molecule has 7 heteroatoms. The molecule has 2 atom stereocenters. The predicted molar refractivity (Wildman–Crippen MR) is 103 cm³/mol. The van der Waals surface area contributed by atoms with Gasteiger partial charge >= 0.3 is 0 Å². The van der Waals surface area contributed by atoms with Crippen molar-refractivity contribution in [2.75, 3.05) is 5.32 Å².